The highest BCUT2D eigenvalue weighted by atomic mass is 19.4. The van der Waals surface area contributed by atoms with E-state index in [1.54, 1.807) is 0 Å². The van der Waals surface area contributed by atoms with Crippen LogP contribution < -0.4 is 10.2 Å². The first-order valence-corrected chi connectivity index (χ1v) is 5.86. The van der Waals surface area contributed by atoms with Gasteiger partial charge >= 0.3 is 12.2 Å². The molecule has 5 nitrogen and oxygen atoms in total. The summed E-state index contributed by atoms with van der Waals surface area (Å²) in [5.41, 5.74) is -3.11. The molecule has 1 fully saturated rings. The van der Waals surface area contributed by atoms with E-state index >= 15 is 0 Å². The molecule has 0 aliphatic carbocycles. The van der Waals surface area contributed by atoms with Gasteiger partial charge in [-0.1, -0.05) is 0 Å². The van der Waals surface area contributed by atoms with Crippen molar-refractivity contribution in [2.75, 3.05) is 4.90 Å². The Morgan fingerprint density at radius 3 is 2.33 bits per heavy atom. The number of benzene rings is 1. The zero-order chi connectivity index (χ0) is 16.0. The van der Waals surface area contributed by atoms with Crippen molar-refractivity contribution in [1.82, 2.24) is 5.32 Å². The molecule has 0 atom stereocenters. The predicted octanol–water partition coefficient (Wildman–Crippen LogP) is 2.41. The van der Waals surface area contributed by atoms with Crippen LogP contribution in [0.4, 0.5) is 23.7 Å². The Balaban J connectivity index is 2.59. The number of alkyl halides is 3. The molecule has 8 heteroatoms. The van der Waals surface area contributed by atoms with Crippen LogP contribution in [0.3, 0.4) is 0 Å². The van der Waals surface area contributed by atoms with Crippen LogP contribution in [0.15, 0.2) is 18.2 Å². The van der Waals surface area contributed by atoms with E-state index in [0.29, 0.717) is 6.07 Å². The lowest BCUT2D eigenvalue weighted by Gasteiger charge is -2.28. The fraction of sp³-hybridized carbons (Fsp3) is 0.308. The fourth-order valence-corrected chi connectivity index (χ4v) is 2.10. The number of urea groups is 1. The Kier molecular flexibility index (Phi) is 3.17. The van der Waals surface area contributed by atoms with Crippen LogP contribution in [0.1, 0.15) is 25.0 Å². The molecule has 1 aliphatic rings. The Hall–Kier alpha value is -2.56. The van der Waals surface area contributed by atoms with E-state index in [9.17, 15) is 22.8 Å². The molecule has 1 heterocycles. The van der Waals surface area contributed by atoms with Gasteiger partial charge in [0.15, 0.2) is 0 Å². The molecule has 1 aliphatic heterocycles. The minimum absolute atomic E-state index is 0.102. The highest BCUT2D eigenvalue weighted by Gasteiger charge is 2.47. The van der Waals surface area contributed by atoms with Crippen molar-refractivity contribution in [3.8, 4) is 6.07 Å². The molecule has 1 aromatic rings. The van der Waals surface area contributed by atoms with Crippen molar-refractivity contribution in [2.24, 2.45) is 0 Å². The fourth-order valence-electron chi connectivity index (χ4n) is 2.10. The van der Waals surface area contributed by atoms with Gasteiger partial charge in [-0.15, -0.1) is 0 Å². The minimum atomic E-state index is -4.73. The van der Waals surface area contributed by atoms with E-state index in [1.165, 1.54) is 26.0 Å². The maximum Gasteiger partial charge on any atom is 0.417 e. The van der Waals surface area contributed by atoms with E-state index < -0.39 is 34.8 Å². The van der Waals surface area contributed by atoms with Gasteiger partial charge in [0.05, 0.1) is 17.2 Å². The van der Waals surface area contributed by atoms with Crippen LogP contribution >= 0.6 is 0 Å². The molecular weight excluding hydrogens is 287 g/mol. The first-order chi connectivity index (χ1) is 9.59. The van der Waals surface area contributed by atoms with Gasteiger partial charge in [-0.05, 0) is 32.0 Å². The lowest BCUT2D eigenvalue weighted by atomic mass is 10.0. The van der Waals surface area contributed by atoms with Crippen LogP contribution in [-0.2, 0) is 11.0 Å². The van der Waals surface area contributed by atoms with E-state index in [2.05, 4.69) is 0 Å². The number of carbonyl (C=O) groups is 2. The largest absolute Gasteiger partial charge is 0.417 e. The number of halogens is 3. The molecule has 0 spiro atoms. The molecule has 0 saturated carbocycles. The predicted molar refractivity (Wildman–Crippen MR) is 66.3 cm³/mol. The Labute approximate surface area is 118 Å². The minimum Gasteiger partial charge on any atom is -0.279 e. The van der Waals surface area contributed by atoms with Crippen molar-refractivity contribution in [3.05, 3.63) is 29.3 Å². The number of nitrogens with zero attached hydrogens (tertiary/aromatic N) is 2. The SMILES string of the molecule is CC1(C)C(=O)NC(=O)N1c1ccc(C#N)c(C(F)(F)F)c1. The number of carbonyl (C=O) groups excluding carboxylic acids is 2. The molecule has 0 radical (unpaired) electrons. The number of imide groups is 1. The standard InChI is InChI=1S/C13H10F3N3O2/c1-12(2)10(20)18-11(21)19(12)8-4-3-7(6-17)9(5-8)13(14,15)16/h3-5H,1-2H3,(H,18,20,21). The van der Waals surface area contributed by atoms with E-state index in [4.69, 9.17) is 5.26 Å². The van der Waals surface area contributed by atoms with Gasteiger partial charge in [-0.25, -0.2) is 4.79 Å². The van der Waals surface area contributed by atoms with Gasteiger partial charge in [0.25, 0.3) is 5.91 Å². The zero-order valence-electron chi connectivity index (χ0n) is 11.1. The van der Waals surface area contributed by atoms with Gasteiger partial charge in [0, 0.05) is 5.69 Å². The first-order valence-electron chi connectivity index (χ1n) is 5.86. The Morgan fingerprint density at radius 1 is 1.29 bits per heavy atom. The highest BCUT2D eigenvalue weighted by molar-refractivity contribution is 6.16. The normalized spacial score (nSPS) is 17.6. The summed E-state index contributed by atoms with van der Waals surface area (Å²) in [6.45, 7) is 2.83. The maximum absolute atomic E-state index is 12.9. The second-order valence-corrected chi connectivity index (χ2v) is 4.99. The van der Waals surface area contributed by atoms with Crippen molar-refractivity contribution < 1.29 is 22.8 Å². The molecule has 0 aromatic heterocycles. The van der Waals surface area contributed by atoms with Crippen molar-refractivity contribution in [3.63, 3.8) is 0 Å². The number of nitrogens with one attached hydrogen (secondary N) is 1. The first kappa shape index (κ1) is 14.8. The number of nitriles is 1. The van der Waals surface area contributed by atoms with Gasteiger partial charge in [0.2, 0.25) is 0 Å². The third-order valence-corrected chi connectivity index (χ3v) is 3.23. The molecule has 21 heavy (non-hydrogen) atoms. The summed E-state index contributed by atoms with van der Waals surface area (Å²) in [5, 5.41) is 10.8. The third-order valence-electron chi connectivity index (χ3n) is 3.23. The highest BCUT2D eigenvalue weighted by Crippen LogP contribution is 2.36. The summed E-state index contributed by atoms with van der Waals surface area (Å²) in [5.74, 6) is -0.606. The maximum atomic E-state index is 12.9. The molecule has 0 bridgehead atoms. The van der Waals surface area contributed by atoms with Crippen LogP contribution in [0.25, 0.3) is 0 Å². The van der Waals surface area contributed by atoms with Crippen molar-refractivity contribution >= 4 is 17.6 Å². The van der Waals surface area contributed by atoms with E-state index in [-0.39, 0.29) is 5.69 Å². The quantitative estimate of drug-likeness (QED) is 0.809. The van der Waals surface area contributed by atoms with Gasteiger partial charge in [-0.3, -0.25) is 15.0 Å². The summed E-state index contributed by atoms with van der Waals surface area (Å²) in [6.07, 6.45) is -4.73. The van der Waals surface area contributed by atoms with Gasteiger partial charge < -0.3 is 0 Å². The lowest BCUT2D eigenvalue weighted by Crippen LogP contribution is -2.44. The molecular formula is C13H10F3N3O2. The number of anilines is 1. The van der Waals surface area contributed by atoms with Gasteiger partial charge in [0.1, 0.15) is 5.54 Å². The molecule has 2 rings (SSSR count). The van der Waals surface area contributed by atoms with E-state index in [0.717, 1.165) is 11.0 Å². The van der Waals surface area contributed by atoms with Crippen molar-refractivity contribution in [1.29, 1.82) is 5.26 Å². The number of rotatable bonds is 1. The summed E-state index contributed by atoms with van der Waals surface area (Å²) in [6, 6.07) is 3.52. The summed E-state index contributed by atoms with van der Waals surface area (Å²) >= 11 is 0. The Bertz CT molecular complexity index is 674. The van der Waals surface area contributed by atoms with Crippen molar-refractivity contribution in [2.45, 2.75) is 25.6 Å². The second-order valence-electron chi connectivity index (χ2n) is 4.99. The summed E-state index contributed by atoms with van der Waals surface area (Å²) in [4.78, 5) is 24.3. The molecule has 110 valence electrons. The third kappa shape index (κ3) is 2.31. The monoisotopic (exact) mass is 297 g/mol. The zero-order valence-corrected chi connectivity index (χ0v) is 11.1. The molecule has 1 aromatic carbocycles. The Morgan fingerprint density at radius 2 is 1.90 bits per heavy atom. The average Bonchev–Trinajstić information content (AvgIpc) is 2.56. The lowest BCUT2D eigenvalue weighted by molar-refractivity contribution is -0.137. The van der Waals surface area contributed by atoms with Crippen LogP contribution in [0.5, 0.6) is 0 Å². The summed E-state index contributed by atoms with van der Waals surface area (Å²) in [7, 11) is 0. The van der Waals surface area contributed by atoms with Crippen LogP contribution in [0, 0.1) is 11.3 Å². The smallest absolute Gasteiger partial charge is 0.279 e. The molecule has 1 saturated heterocycles. The van der Waals surface area contributed by atoms with Crippen LogP contribution in [-0.4, -0.2) is 17.5 Å². The molecule has 0 unspecified atom stereocenters. The number of hydrogen-bond donors (Lipinski definition) is 1. The second kappa shape index (κ2) is 4.48. The molecule has 1 N–H and O–H groups in total. The van der Waals surface area contributed by atoms with E-state index in [1.807, 2.05) is 5.32 Å². The average molecular weight is 297 g/mol. The number of hydrogen-bond acceptors (Lipinski definition) is 3. The van der Waals surface area contributed by atoms with Gasteiger partial charge in [-0.2, -0.15) is 18.4 Å². The van der Waals surface area contributed by atoms with Crippen LogP contribution in [0.2, 0.25) is 0 Å². The summed E-state index contributed by atoms with van der Waals surface area (Å²) < 4.78 is 38.8. The topological polar surface area (TPSA) is 73.2 Å². The number of amides is 3. The molecule has 3 amide bonds.